The minimum absolute atomic E-state index is 0.132. The van der Waals surface area contributed by atoms with Crippen molar-refractivity contribution in [1.29, 1.82) is 0 Å². The first-order valence-electron chi connectivity index (χ1n) is 10.5. The molecule has 3 amide bonds. The second-order valence-electron chi connectivity index (χ2n) is 8.15. The smallest absolute Gasteiger partial charge is 0.261 e. The zero-order valence-electron chi connectivity index (χ0n) is 17.7. The molecule has 3 rings (SSSR count). The Hall–Kier alpha value is -2.26. The summed E-state index contributed by atoms with van der Waals surface area (Å²) in [4.78, 5) is 38.8. The maximum atomic E-state index is 12.7. The molecule has 1 aromatic rings. The summed E-state index contributed by atoms with van der Waals surface area (Å²) in [7, 11) is -3.23. The Kier molecular flexibility index (Phi) is 6.62. The third-order valence-electron chi connectivity index (χ3n) is 5.63. The zero-order chi connectivity index (χ0) is 22.1. The van der Waals surface area contributed by atoms with E-state index in [0.717, 1.165) is 6.42 Å². The van der Waals surface area contributed by atoms with Gasteiger partial charge in [0, 0.05) is 30.7 Å². The number of benzene rings is 1. The van der Waals surface area contributed by atoms with E-state index in [2.05, 4.69) is 5.32 Å². The molecule has 0 saturated carbocycles. The zero-order valence-corrected chi connectivity index (χ0v) is 18.5. The summed E-state index contributed by atoms with van der Waals surface area (Å²) in [5, 5.41) is 2.93. The number of amides is 3. The van der Waals surface area contributed by atoms with Crippen LogP contribution < -0.4 is 5.32 Å². The molecule has 1 fully saturated rings. The molecule has 0 bridgehead atoms. The number of carbonyl (C=O) groups is 3. The molecule has 1 aromatic carbocycles. The highest BCUT2D eigenvalue weighted by Gasteiger charge is 2.37. The van der Waals surface area contributed by atoms with Crippen LogP contribution in [0.3, 0.4) is 0 Å². The van der Waals surface area contributed by atoms with Gasteiger partial charge in [0.05, 0.1) is 16.9 Å². The molecular weight excluding hydrogens is 406 g/mol. The highest BCUT2D eigenvalue weighted by atomic mass is 32.2. The average Bonchev–Trinajstić information content (AvgIpc) is 2.96. The Morgan fingerprint density at radius 1 is 1.13 bits per heavy atom. The summed E-state index contributed by atoms with van der Waals surface area (Å²) in [6.07, 6.45) is 2.56. The number of piperidine rings is 1. The van der Waals surface area contributed by atoms with E-state index in [9.17, 15) is 22.8 Å². The molecule has 9 heteroatoms. The van der Waals surface area contributed by atoms with Gasteiger partial charge in [-0.15, -0.1) is 0 Å². The maximum absolute atomic E-state index is 12.7. The Morgan fingerprint density at radius 2 is 1.77 bits per heavy atom. The van der Waals surface area contributed by atoms with Gasteiger partial charge in [0.15, 0.2) is 0 Å². The number of sulfonamides is 1. The van der Waals surface area contributed by atoms with Gasteiger partial charge in [0.25, 0.3) is 17.7 Å². The van der Waals surface area contributed by atoms with Crippen LogP contribution in [0.5, 0.6) is 0 Å². The standard InChI is InChI=1S/C21H29N3O5S/c1-4-5-12-30(28,29)23-10-8-16(9-11-23)22-19(25)15-6-7-17-18(13-15)21(27)24(14(2)3)20(17)26/h6-7,13-14,16H,4-5,8-12H2,1-3H3,(H,22,25). The molecule has 1 saturated heterocycles. The van der Waals surface area contributed by atoms with Crippen LogP contribution in [0, 0.1) is 0 Å². The van der Waals surface area contributed by atoms with Gasteiger partial charge in [-0.25, -0.2) is 12.7 Å². The van der Waals surface area contributed by atoms with Gasteiger partial charge in [-0.3, -0.25) is 19.3 Å². The first kappa shape index (κ1) is 22.4. The van der Waals surface area contributed by atoms with Crippen molar-refractivity contribution in [2.45, 2.75) is 58.5 Å². The van der Waals surface area contributed by atoms with Gasteiger partial charge in [-0.2, -0.15) is 0 Å². The van der Waals surface area contributed by atoms with Crippen molar-refractivity contribution in [1.82, 2.24) is 14.5 Å². The van der Waals surface area contributed by atoms with E-state index in [0.29, 0.717) is 43.5 Å². The lowest BCUT2D eigenvalue weighted by Crippen LogP contribution is -2.47. The van der Waals surface area contributed by atoms with Crippen LogP contribution in [0.1, 0.15) is 77.5 Å². The molecule has 1 N–H and O–H groups in total. The number of hydrogen-bond acceptors (Lipinski definition) is 5. The average molecular weight is 436 g/mol. The van der Waals surface area contributed by atoms with Crippen LogP contribution in [0.15, 0.2) is 18.2 Å². The molecule has 0 radical (unpaired) electrons. The second-order valence-corrected chi connectivity index (χ2v) is 10.2. The summed E-state index contributed by atoms with van der Waals surface area (Å²) >= 11 is 0. The van der Waals surface area contributed by atoms with Crippen molar-refractivity contribution >= 4 is 27.7 Å². The van der Waals surface area contributed by atoms with E-state index in [4.69, 9.17) is 0 Å². The van der Waals surface area contributed by atoms with Crippen LogP contribution >= 0.6 is 0 Å². The van der Waals surface area contributed by atoms with Gasteiger partial charge in [0.1, 0.15) is 0 Å². The summed E-state index contributed by atoms with van der Waals surface area (Å²) in [5.41, 5.74) is 0.882. The fourth-order valence-electron chi connectivity index (χ4n) is 3.87. The van der Waals surface area contributed by atoms with Crippen molar-refractivity contribution in [3.63, 3.8) is 0 Å². The first-order valence-corrected chi connectivity index (χ1v) is 12.1. The van der Waals surface area contributed by atoms with E-state index >= 15 is 0 Å². The number of carbonyl (C=O) groups excluding carboxylic acids is 3. The highest BCUT2D eigenvalue weighted by Crippen LogP contribution is 2.26. The molecule has 2 aliphatic heterocycles. The number of imide groups is 1. The molecule has 0 atom stereocenters. The lowest BCUT2D eigenvalue weighted by molar-refractivity contribution is 0.0609. The Balaban J connectivity index is 1.62. The van der Waals surface area contributed by atoms with Crippen molar-refractivity contribution in [2.75, 3.05) is 18.8 Å². The van der Waals surface area contributed by atoms with E-state index in [1.54, 1.807) is 19.9 Å². The van der Waals surface area contributed by atoms with Crippen LogP contribution in [0.2, 0.25) is 0 Å². The molecule has 164 valence electrons. The normalized spacial score (nSPS) is 18.2. The number of fused-ring (bicyclic) bond motifs is 1. The summed E-state index contributed by atoms with van der Waals surface area (Å²) in [6.45, 7) is 6.27. The van der Waals surface area contributed by atoms with Gasteiger partial charge in [-0.05, 0) is 51.3 Å². The van der Waals surface area contributed by atoms with Crippen molar-refractivity contribution in [2.24, 2.45) is 0 Å². The molecule has 0 aliphatic carbocycles. The molecule has 2 aliphatic rings. The Morgan fingerprint density at radius 3 is 2.37 bits per heavy atom. The highest BCUT2D eigenvalue weighted by molar-refractivity contribution is 7.89. The predicted octanol–water partition coefficient (Wildman–Crippen LogP) is 2.02. The van der Waals surface area contributed by atoms with E-state index < -0.39 is 10.0 Å². The van der Waals surface area contributed by atoms with Crippen molar-refractivity contribution in [3.05, 3.63) is 34.9 Å². The third kappa shape index (κ3) is 4.41. The predicted molar refractivity (Wildman–Crippen MR) is 113 cm³/mol. The second kappa shape index (κ2) is 8.85. The van der Waals surface area contributed by atoms with E-state index in [1.807, 2.05) is 6.92 Å². The molecule has 2 heterocycles. The largest absolute Gasteiger partial charge is 0.349 e. The van der Waals surface area contributed by atoms with E-state index in [-0.39, 0.29) is 41.1 Å². The quantitative estimate of drug-likeness (QED) is 0.660. The number of nitrogens with one attached hydrogen (secondary N) is 1. The molecular formula is C21H29N3O5S. The monoisotopic (exact) mass is 435 g/mol. The first-order chi connectivity index (χ1) is 14.2. The minimum Gasteiger partial charge on any atom is -0.349 e. The summed E-state index contributed by atoms with van der Waals surface area (Å²) in [5.74, 6) is -0.886. The lowest BCUT2D eigenvalue weighted by atomic mass is 10.0. The van der Waals surface area contributed by atoms with Crippen molar-refractivity contribution in [3.8, 4) is 0 Å². The van der Waals surface area contributed by atoms with Gasteiger partial charge >= 0.3 is 0 Å². The Bertz CT molecular complexity index is 949. The number of hydrogen-bond donors (Lipinski definition) is 1. The number of unbranched alkanes of at least 4 members (excludes halogenated alkanes) is 1. The van der Waals surface area contributed by atoms with E-state index in [1.165, 1.54) is 21.3 Å². The molecule has 0 unspecified atom stereocenters. The Labute approximate surface area is 177 Å². The van der Waals surface area contributed by atoms with Crippen LogP contribution in [0.4, 0.5) is 0 Å². The van der Waals surface area contributed by atoms with Gasteiger partial charge in [0.2, 0.25) is 10.0 Å². The van der Waals surface area contributed by atoms with Crippen LogP contribution in [-0.2, 0) is 10.0 Å². The number of nitrogens with zero attached hydrogens (tertiary/aromatic N) is 2. The lowest BCUT2D eigenvalue weighted by Gasteiger charge is -2.31. The van der Waals surface area contributed by atoms with Crippen molar-refractivity contribution < 1.29 is 22.8 Å². The van der Waals surface area contributed by atoms with Crippen LogP contribution in [-0.4, -0.2) is 66.3 Å². The molecule has 30 heavy (non-hydrogen) atoms. The topological polar surface area (TPSA) is 104 Å². The maximum Gasteiger partial charge on any atom is 0.261 e. The SMILES string of the molecule is CCCCS(=O)(=O)N1CCC(NC(=O)c2ccc3c(c2)C(=O)N(C(C)C)C3=O)CC1. The number of rotatable bonds is 7. The van der Waals surface area contributed by atoms with Gasteiger partial charge in [-0.1, -0.05) is 13.3 Å². The fourth-order valence-corrected chi connectivity index (χ4v) is 5.55. The van der Waals surface area contributed by atoms with Crippen LogP contribution in [0.25, 0.3) is 0 Å². The minimum atomic E-state index is -3.23. The molecule has 8 nitrogen and oxygen atoms in total. The van der Waals surface area contributed by atoms with Gasteiger partial charge < -0.3 is 5.32 Å². The summed E-state index contributed by atoms with van der Waals surface area (Å²) < 4.78 is 26.1. The molecule has 0 spiro atoms. The fraction of sp³-hybridized carbons (Fsp3) is 0.571. The summed E-state index contributed by atoms with van der Waals surface area (Å²) in [6, 6.07) is 4.15. The molecule has 0 aromatic heterocycles. The third-order valence-corrected chi connectivity index (χ3v) is 7.59.